The van der Waals surface area contributed by atoms with Crippen molar-refractivity contribution in [3.05, 3.63) is 53.1 Å². The molecule has 0 saturated carbocycles. The second-order valence-electron chi connectivity index (χ2n) is 5.50. The highest BCUT2D eigenvalue weighted by Gasteiger charge is 2.26. The van der Waals surface area contributed by atoms with Gasteiger partial charge in [-0.1, -0.05) is 18.5 Å². The number of ether oxygens (including phenoxy) is 1. The monoisotopic (exact) mass is 476 g/mol. The van der Waals surface area contributed by atoms with Crippen molar-refractivity contribution in [3.8, 4) is 11.5 Å². The molecule has 0 amide bonds. The first kappa shape index (κ1) is 23.4. The smallest absolute Gasteiger partial charge is 0.348 e. The minimum Gasteiger partial charge on any atom is -0.462 e. The van der Waals surface area contributed by atoms with Crippen LogP contribution in [0.5, 0.6) is 11.5 Å². The molecule has 1 atom stereocenters. The number of benzene rings is 2. The van der Waals surface area contributed by atoms with Crippen molar-refractivity contribution < 1.29 is 18.6 Å². The number of esters is 1. The van der Waals surface area contributed by atoms with Crippen LogP contribution in [0.1, 0.15) is 30.6 Å². The van der Waals surface area contributed by atoms with E-state index >= 15 is 0 Å². The molecule has 0 spiro atoms. The van der Waals surface area contributed by atoms with Gasteiger partial charge in [0.05, 0.1) is 6.61 Å². The lowest BCUT2D eigenvalue weighted by molar-refractivity contribution is 0.0524. The van der Waals surface area contributed by atoms with E-state index in [1.54, 1.807) is 30.8 Å². The third-order valence-electron chi connectivity index (χ3n) is 3.38. The number of hydrogen-bond donors (Lipinski definition) is 0. The Balaban J connectivity index is 2.32. The van der Waals surface area contributed by atoms with Gasteiger partial charge in [-0.2, -0.15) is 0 Å². The fraction of sp³-hybridized carbons (Fsp3) is 0.316. The van der Waals surface area contributed by atoms with Gasteiger partial charge in [-0.05, 0) is 85.3 Å². The molecule has 0 heterocycles. The molecular weight excluding hydrogens is 455 g/mol. The molecule has 152 valence electrons. The summed E-state index contributed by atoms with van der Waals surface area (Å²) in [6.07, 6.45) is 2.93. The summed E-state index contributed by atoms with van der Waals surface area (Å²) in [7, 11) is 0. The first-order valence-electron chi connectivity index (χ1n) is 8.65. The van der Waals surface area contributed by atoms with E-state index in [0.717, 1.165) is 17.1 Å². The van der Waals surface area contributed by atoms with Gasteiger partial charge in [-0.15, -0.1) is 11.8 Å². The van der Waals surface area contributed by atoms with Crippen molar-refractivity contribution >= 4 is 58.2 Å². The zero-order valence-corrected chi connectivity index (χ0v) is 19.9. The molecule has 9 heteroatoms. The Labute approximate surface area is 184 Å². The maximum Gasteiger partial charge on any atom is 0.348 e. The lowest BCUT2D eigenvalue weighted by Crippen LogP contribution is -2.08. The first-order valence-corrected chi connectivity index (χ1v) is 14.5. The standard InChI is InChI=1S/C19H22ClO4PS3/c1-4-12-28-25(26,23-15-7-9-16(27-3)10-8-15)24-18-11-6-14(20)13-17(18)19(21)22-5-2/h6-11,13H,4-5,12H2,1-3H3. The normalized spacial score (nSPS) is 12.9. The lowest BCUT2D eigenvalue weighted by atomic mass is 10.2. The van der Waals surface area contributed by atoms with E-state index in [9.17, 15) is 4.79 Å². The number of thioether (sulfide) groups is 1. The van der Waals surface area contributed by atoms with Crippen molar-refractivity contribution in [2.45, 2.75) is 25.2 Å². The molecular formula is C19H22ClO4PS3. The largest absolute Gasteiger partial charge is 0.462 e. The molecule has 0 aliphatic rings. The molecule has 2 aromatic carbocycles. The maximum absolute atomic E-state index is 12.3. The van der Waals surface area contributed by atoms with Crippen molar-refractivity contribution in [1.29, 1.82) is 0 Å². The zero-order chi connectivity index (χ0) is 20.6. The highest BCUT2D eigenvalue weighted by atomic mass is 35.5. The van der Waals surface area contributed by atoms with E-state index in [0.29, 0.717) is 16.5 Å². The molecule has 28 heavy (non-hydrogen) atoms. The van der Waals surface area contributed by atoms with Crippen LogP contribution in [-0.2, 0) is 16.5 Å². The summed E-state index contributed by atoms with van der Waals surface area (Å²) in [5, 5.41) is 0.415. The van der Waals surface area contributed by atoms with Gasteiger partial charge in [0.2, 0.25) is 0 Å². The Morgan fingerprint density at radius 1 is 1.14 bits per heavy atom. The Morgan fingerprint density at radius 2 is 1.86 bits per heavy atom. The molecule has 0 aliphatic carbocycles. The van der Waals surface area contributed by atoms with E-state index in [2.05, 4.69) is 6.92 Å². The van der Waals surface area contributed by atoms with Gasteiger partial charge < -0.3 is 13.8 Å². The highest BCUT2D eigenvalue weighted by molar-refractivity contribution is 8.68. The van der Waals surface area contributed by atoms with E-state index < -0.39 is 11.7 Å². The molecule has 0 saturated heterocycles. The predicted octanol–water partition coefficient (Wildman–Crippen LogP) is 7.06. The summed E-state index contributed by atoms with van der Waals surface area (Å²) >= 11 is 14.9. The topological polar surface area (TPSA) is 44.8 Å². The van der Waals surface area contributed by atoms with Gasteiger partial charge in [-0.3, -0.25) is 0 Å². The molecule has 2 rings (SSSR count). The van der Waals surface area contributed by atoms with E-state index in [-0.39, 0.29) is 12.2 Å². The molecule has 0 aliphatic heterocycles. The SMILES string of the molecule is CCCSP(=S)(Oc1ccc(SC)cc1)Oc1ccc(Cl)cc1C(=O)OCC. The van der Waals surface area contributed by atoms with Crippen LogP contribution in [0.15, 0.2) is 47.4 Å². The van der Waals surface area contributed by atoms with Crippen molar-refractivity contribution in [2.24, 2.45) is 0 Å². The van der Waals surface area contributed by atoms with Gasteiger partial charge in [0.1, 0.15) is 17.1 Å². The van der Waals surface area contributed by atoms with Crippen LogP contribution in [0.25, 0.3) is 0 Å². The number of carbonyl (C=O) groups is 1. The molecule has 0 radical (unpaired) electrons. The first-order chi connectivity index (χ1) is 13.4. The van der Waals surface area contributed by atoms with Gasteiger partial charge in [0.15, 0.2) is 0 Å². The highest BCUT2D eigenvalue weighted by Crippen LogP contribution is 2.60. The average Bonchev–Trinajstić information content (AvgIpc) is 2.68. The van der Waals surface area contributed by atoms with Gasteiger partial charge in [0.25, 0.3) is 0 Å². The molecule has 0 aromatic heterocycles. The molecule has 1 unspecified atom stereocenters. The van der Waals surface area contributed by atoms with Crippen LogP contribution < -0.4 is 9.05 Å². The quantitative estimate of drug-likeness (QED) is 0.206. The zero-order valence-electron chi connectivity index (χ0n) is 15.8. The summed E-state index contributed by atoms with van der Waals surface area (Å²) in [5.74, 6) is 1.22. The molecule has 0 fully saturated rings. The van der Waals surface area contributed by atoms with Gasteiger partial charge in [-0.25, -0.2) is 4.79 Å². The minimum atomic E-state index is -2.81. The molecule has 0 bridgehead atoms. The second kappa shape index (κ2) is 11.4. The third kappa shape index (κ3) is 6.89. The van der Waals surface area contributed by atoms with Crippen molar-refractivity contribution in [1.82, 2.24) is 0 Å². The predicted molar refractivity (Wildman–Crippen MR) is 124 cm³/mol. The van der Waals surface area contributed by atoms with Crippen molar-refractivity contribution in [2.75, 3.05) is 18.6 Å². The molecule has 2 aromatic rings. The summed E-state index contributed by atoms with van der Waals surface area (Å²) in [6.45, 7) is 4.06. The van der Waals surface area contributed by atoms with Crippen molar-refractivity contribution in [3.63, 3.8) is 0 Å². The van der Waals surface area contributed by atoms with Crippen LogP contribution in [0, 0.1) is 0 Å². The fourth-order valence-corrected chi connectivity index (χ4v) is 7.22. The van der Waals surface area contributed by atoms with E-state index in [4.69, 9.17) is 37.2 Å². The van der Waals surface area contributed by atoms with Crippen LogP contribution in [0.2, 0.25) is 5.02 Å². The minimum absolute atomic E-state index is 0.238. The van der Waals surface area contributed by atoms with Crippen LogP contribution in [0.3, 0.4) is 0 Å². The second-order valence-corrected chi connectivity index (χ2v) is 13.1. The fourth-order valence-electron chi connectivity index (χ4n) is 2.11. The molecule has 4 nitrogen and oxygen atoms in total. The Morgan fingerprint density at radius 3 is 2.46 bits per heavy atom. The Bertz CT molecular complexity index is 846. The Hall–Kier alpha value is -0.850. The Kier molecular flexibility index (Phi) is 9.51. The summed E-state index contributed by atoms with van der Waals surface area (Å²) in [6, 6.07) is 12.5. The summed E-state index contributed by atoms with van der Waals surface area (Å²) in [5.41, 5.74) is -2.57. The van der Waals surface area contributed by atoms with E-state index in [1.807, 2.05) is 30.5 Å². The number of halogens is 1. The summed E-state index contributed by atoms with van der Waals surface area (Å²) in [4.78, 5) is 13.4. The van der Waals surface area contributed by atoms with Crippen LogP contribution >= 0.6 is 40.4 Å². The van der Waals surface area contributed by atoms with Gasteiger partial charge >= 0.3 is 11.7 Å². The van der Waals surface area contributed by atoms with E-state index in [1.165, 1.54) is 17.4 Å². The van der Waals surface area contributed by atoms with Crippen LogP contribution in [-0.4, -0.2) is 24.6 Å². The lowest BCUT2D eigenvalue weighted by Gasteiger charge is -2.24. The number of rotatable bonds is 10. The third-order valence-corrected chi connectivity index (χ3v) is 9.46. The molecule has 0 N–H and O–H groups in total. The van der Waals surface area contributed by atoms with Crippen LogP contribution in [0.4, 0.5) is 0 Å². The summed E-state index contributed by atoms with van der Waals surface area (Å²) < 4.78 is 17.3. The number of carbonyl (C=O) groups excluding carboxylic acids is 1. The van der Waals surface area contributed by atoms with Gasteiger partial charge in [0, 0.05) is 15.7 Å². The average molecular weight is 477 g/mol. The number of hydrogen-bond acceptors (Lipinski definition) is 7. The maximum atomic E-state index is 12.3.